The van der Waals surface area contributed by atoms with Crippen LogP contribution in [0.15, 0.2) is 24.3 Å². The summed E-state index contributed by atoms with van der Waals surface area (Å²) in [6, 6.07) is 7.52. The smallest absolute Gasteiger partial charge is 0.286 e. The number of rotatable bonds is 5. The average Bonchev–Trinajstić information content (AvgIpc) is 3.14. The lowest BCUT2D eigenvalue weighted by atomic mass is 10.0. The fraction of sp³-hybridized carbons (Fsp3) is 0.471. The standard InChI is InChI=1S/C17H22N4O3S2/c1-3-26(23,24)21-10-4-5-13(11-21)16-19-20-17(25-16)15(22)18-14-8-6-12(2)7-9-14/h6-9,13H,3-5,10-11H2,1-2H3,(H,18,22)/t13-/m1/s1. The largest absolute Gasteiger partial charge is 0.320 e. The fourth-order valence-corrected chi connectivity index (χ4v) is 4.94. The van der Waals surface area contributed by atoms with Crippen LogP contribution in [0.25, 0.3) is 0 Å². The van der Waals surface area contributed by atoms with E-state index in [0.717, 1.165) is 23.4 Å². The number of carbonyl (C=O) groups is 1. The van der Waals surface area contributed by atoms with E-state index in [1.807, 2.05) is 31.2 Å². The first-order chi connectivity index (χ1) is 12.4. The monoisotopic (exact) mass is 394 g/mol. The summed E-state index contributed by atoms with van der Waals surface area (Å²) in [5.74, 6) is -0.213. The molecule has 0 unspecified atom stereocenters. The molecular weight excluding hydrogens is 372 g/mol. The normalized spacial score (nSPS) is 18.6. The molecule has 2 aromatic rings. The fourth-order valence-electron chi connectivity index (χ4n) is 2.89. The molecule has 0 spiro atoms. The van der Waals surface area contributed by atoms with Crippen LogP contribution in [0.1, 0.15) is 46.1 Å². The Morgan fingerprint density at radius 2 is 2.04 bits per heavy atom. The Hall–Kier alpha value is -1.84. The Kier molecular flexibility index (Phi) is 5.69. The third-order valence-corrected chi connectivity index (χ3v) is 7.37. The summed E-state index contributed by atoms with van der Waals surface area (Å²) in [6.45, 7) is 4.59. The lowest BCUT2D eigenvalue weighted by Gasteiger charge is -2.30. The number of aromatic nitrogens is 2. The second-order valence-corrected chi connectivity index (χ2v) is 9.63. The number of benzene rings is 1. The van der Waals surface area contributed by atoms with Gasteiger partial charge in [0.15, 0.2) is 0 Å². The molecule has 1 N–H and O–H groups in total. The summed E-state index contributed by atoms with van der Waals surface area (Å²) in [4.78, 5) is 12.4. The topological polar surface area (TPSA) is 92.3 Å². The van der Waals surface area contributed by atoms with E-state index in [1.54, 1.807) is 6.92 Å². The van der Waals surface area contributed by atoms with Gasteiger partial charge in [-0.1, -0.05) is 29.0 Å². The number of hydrogen-bond acceptors (Lipinski definition) is 6. The quantitative estimate of drug-likeness (QED) is 0.842. The molecule has 7 nitrogen and oxygen atoms in total. The number of carbonyl (C=O) groups excluding carboxylic acids is 1. The van der Waals surface area contributed by atoms with Gasteiger partial charge in [-0.25, -0.2) is 12.7 Å². The van der Waals surface area contributed by atoms with Crippen molar-refractivity contribution in [3.63, 3.8) is 0 Å². The number of nitrogens with one attached hydrogen (secondary N) is 1. The predicted molar refractivity (Wildman–Crippen MR) is 102 cm³/mol. The van der Waals surface area contributed by atoms with Gasteiger partial charge in [-0.15, -0.1) is 10.2 Å². The minimum absolute atomic E-state index is 0.0106. The Balaban J connectivity index is 1.69. The zero-order chi connectivity index (χ0) is 18.7. The second kappa shape index (κ2) is 7.81. The van der Waals surface area contributed by atoms with E-state index < -0.39 is 10.0 Å². The van der Waals surface area contributed by atoms with Crippen molar-refractivity contribution in [3.8, 4) is 0 Å². The molecule has 0 bridgehead atoms. The number of amides is 1. The van der Waals surface area contributed by atoms with Gasteiger partial charge in [0.1, 0.15) is 5.01 Å². The highest BCUT2D eigenvalue weighted by molar-refractivity contribution is 7.89. The molecule has 1 aliphatic rings. The Morgan fingerprint density at radius 1 is 1.31 bits per heavy atom. The van der Waals surface area contributed by atoms with Crippen LogP contribution >= 0.6 is 11.3 Å². The van der Waals surface area contributed by atoms with Gasteiger partial charge in [0.2, 0.25) is 15.0 Å². The zero-order valence-corrected chi connectivity index (χ0v) is 16.4. The van der Waals surface area contributed by atoms with Gasteiger partial charge in [0, 0.05) is 24.7 Å². The van der Waals surface area contributed by atoms with E-state index in [9.17, 15) is 13.2 Å². The van der Waals surface area contributed by atoms with Crippen LogP contribution in [0, 0.1) is 6.92 Å². The van der Waals surface area contributed by atoms with Crippen molar-refractivity contribution in [1.82, 2.24) is 14.5 Å². The van der Waals surface area contributed by atoms with Crippen LogP contribution in [-0.4, -0.2) is 47.7 Å². The van der Waals surface area contributed by atoms with Crippen molar-refractivity contribution >= 4 is 33.0 Å². The summed E-state index contributed by atoms with van der Waals surface area (Å²) < 4.78 is 25.7. The molecule has 26 heavy (non-hydrogen) atoms. The number of anilines is 1. The van der Waals surface area contributed by atoms with Gasteiger partial charge in [-0.2, -0.15) is 0 Å². The molecule has 0 radical (unpaired) electrons. The highest BCUT2D eigenvalue weighted by Gasteiger charge is 2.30. The highest BCUT2D eigenvalue weighted by Crippen LogP contribution is 2.30. The molecule has 2 heterocycles. The van der Waals surface area contributed by atoms with Crippen LogP contribution < -0.4 is 5.32 Å². The summed E-state index contributed by atoms with van der Waals surface area (Å²) in [6.07, 6.45) is 1.64. The molecule has 0 saturated carbocycles. The van der Waals surface area contributed by atoms with E-state index >= 15 is 0 Å². The van der Waals surface area contributed by atoms with Gasteiger partial charge in [-0.3, -0.25) is 4.79 Å². The Labute approximate surface area is 157 Å². The number of aryl methyl sites for hydroxylation is 1. The van der Waals surface area contributed by atoms with Crippen LogP contribution in [0.3, 0.4) is 0 Å². The predicted octanol–water partition coefficient (Wildman–Crippen LogP) is 2.63. The van der Waals surface area contributed by atoms with Gasteiger partial charge >= 0.3 is 0 Å². The van der Waals surface area contributed by atoms with Crippen molar-refractivity contribution < 1.29 is 13.2 Å². The van der Waals surface area contributed by atoms with Gasteiger partial charge in [-0.05, 0) is 38.8 Å². The summed E-state index contributed by atoms with van der Waals surface area (Å²) in [7, 11) is -3.21. The molecule has 1 aromatic carbocycles. The molecule has 3 rings (SSSR count). The van der Waals surface area contributed by atoms with Gasteiger partial charge in [0.05, 0.1) is 5.75 Å². The van der Waals surface area contributed by atoms with Crippen molar-refractivity contribution in [2.45, 2.75) is 32.6 Å². The van der Waals surface area contributed by atoms with Gasteiger partial charge in [0.25, 0.3) is 5.91 Å². The molecule has 1 aliphatic heterocycles. The van der Waals surface area contributed by atoms with E-state index in [4.69, 9.17) is 0 Å². The maximum absolute atomic E-state index is 12.4. The van der Waals surface area contributed by atoms with E-state index in [1.165, 1.54) is 15.6 Å². The first kappa shape index (κ1) is 18.9. The highest BCUT2D eigenvalue weighted by atomic mass is 32.2. The van der Waals surface area contributed by atoms with Crippen LogP contribution in [0.2, 0.25) is 0 Å². The maximum atomic E-state index is 12.4. The molecule has 1 aromatic heterocycles. The number of sulfonamides is 1. The average molecular weight is 395 g/mol. The second-order valence-electron chi connectivity index (χ2n) is 6.36. The molecule has 1 fully saturated rings. The van der Waals surface area contributed by atoms with Gasteiger partial charge < -0.3 is 5.32 Å². The molecule has 1 atom stereocenters. The van der Waals surface area contributed by atoms with Crippen molar-refractivity contribution in [3.05, 3.63) is 39.8 Å². The molecule has 0 aliphatic carbocycles. The van der Waals surface area contributed by atoms with Crippen LogP contribution in [0.5, 0.6) is 0 Å². The molecule has 9 heteroatoms. The minimum Gasteiger partial charge on any atom is -0.320 e. The molecular formula is C17H22N4O3S2. The lowest BCUT2D eigenvalue weighted by Crippen LogP contribution is -2.39. The van der Waals surface area contributed by atoms with E-state index in [2.05, 4.69) is 15.5 Å². The van der Waals surface area contributed by atoms with Crippen molar-refractivity contribution in [1.29, 1.82) is 0 Å². The minimum atomic E-state index is -3.21. The third-order valence-electron chi connectivity index (χ3n) is 4.44. The lowest BCUT2D eigenvalue weighted by molar-refractivity contribution is 0.102. The molecule has 1 saturated heterocycles. The number of nitrogens with zero attached hydrogens (tertiary/aromatic N) is 3. The van der Waals surface area contributed by atoms with Crippen LogP contribution in [-0.2, 0) is 10.0 Å². The third kappa shape index (κ3) is 4.28. The summed E-state index contributed by atoms with van der Waals surface area (Å²) in [5.41, 5.74) is 1.82. The summed E-state index contributed by atoms with van der Waals surface area (Å²) >= 11 is 1.23. The SMILES string of the molecule is CCS(=O)(=O)N1CCC[C@@H](c2nnc(C(=O)Nc3ccc(C)cc3)s2)C1. The molecule has 140 valence electrons. The first-order valence-corrected chi connectivity index (χ1v) is 11.0. The van der Waals surface area contributed by atoms with Crippen molar-refractivity contribution in [2.75, 3.05) is 24.2 Å². The Morgan fingerprint density at radius 3 is 2.73 bits per heavy atom. The summed E-state index contributed by atoms with van der Waals surface area (Å²) in [5, 5.41) is 12.0. The number of hydrogen-bond donors (Lipinski definition) is 1. The van der Waals surface area contributed by atoms with Crippen LogP contribution in [0.4, 0.5) is 5.69 Å². The molecule has 1 amide bonds. The maximum Gasteiger partial charge on any atom is 0.286 e. The Bertz CT molecular complexity index is 878. The first-order valence-electron chi connectivity index (χ1n) is 8.58. The van der Waals surface area contributed by atoms with Crippen molar-refractivity contribution in [2.24, 2.45) is 0 Å². The number of piperidine rings is 1. The van der Waals surface area contributed by atoms with E-state index in [-0.39, 0.29) is 22.6 Å². The zero-order valence-electron chi connectivity index (χ0n) is 14.8. The van der Waals surface area contributed by atoms with E-state index in [0.29, 0.717) is 18.8 Å².